The van der Waals surface area contributed by atoms with Crippen molar-refractivity contribution in [1.82, 2.24) is 9.13 Å². The Morgan fingerprint density at radius 1 is 1.03 bits per heavy atom. The lowest BCUT2D eigenvalue weighted by molar-refractivity contribution is 0.0788. The molecule has 0 amide bonds. The minimum atomic E-state index is -0.744. The second-order valence-corrected chi connectivity index (χ2v) is 7.50. The topological polar surface area (TPSA) is 90.5 Å². The molecule has 0 unspecified atom stereocenters. The first-order valence-electron chi connectivity index (χ1n) is 10.2. The number of rotatable bonds is 7. The molecule has 0 bridgehead atoms. The lowest BCUT2D eigenvalue weighted by atomic mass is 9.98. The minimum Gasteiger partial charge on any atom is -0.508 e. The van der Waals surface area contributed by atoms with Crippen LogP contribution < -0.4 is 11.2 Å². The Morgan fingerprint density at radius 3 is 2.26 bits per heavy atom. The number of aromatic hydroxyl groups is 1. The van der Waals surface area contributed by atoms with E-state index >= 15 is 0 Å². The van der Waals surface area contributed by atoms with Crippen molar-refractivity contribution in [2.45, 2.75) is 39.8 Å². The van der Waals surface area contributed by atoms with Crippen LogP contribution in [0, 0.1) is 0 Å². The van der Waals surface area contributed by atoms with Crippen LogP contribution in [-0.4, -0.2) is 26.8 Å². The van der Waals surface area contributed by atoms with Crippen molar-refractivity contribution in [3.63, 3.8) is 0 Å². The number of carbonyl (C=O) groups excluding carboxylic acids is 1. The van der Waals surface area contributed by atoms with E-state index in [1.165, 1.54) is 28.8 Å². The molecule has 1 heterocycles. The average Bonchev–Trinajstić information content (AvgIpc) is 2.74. The first-order chi connectivity index (χ1) is 14.8. The molecule has 0 atom stereocenters. The Bertz CT molecular complexity index is 1180. The molecule has 0 fully saturated rings. The van der Waals surface area contributed by atoms with E-state index in [1.54, 1.807) is 0 Å². The predicted octanol–water partition coefficient (Wildman–Crippen LogP) is 3.11. The molecule has 2 aromatic carbocycles. The SMILES string of the molecule is CCOCn1c(Cc2ccccc2)c(C(C)C)c(=O)n(C(=O)c2ccc(O)cc2)c1=O. The van der Waals surface area contributed by atoms with E-state index in [0.717, 1.165) is 5.56 Å². The van der Waals surface area contributed by atoms with Crippen molar-refractivity contribution in [1.29, 1.82) is 0 Å². The summed E-state index contributed by atoms with van der Waals surface area (Å²) in [7, 11) is 0. The first kappa shape index (κ1) is 22.2. The van der Waals surface area contributed by atoms with Gasteiger partial charge in [-0.1, -0.05) is 44.2 Å². The van der Waals surface area contributed by atoms with Gasteiger partial charge >= 0.3 is 5.69 Å². The van der Waals surface area contributed by atoms with Gasteiger partial charge in [-0.25, -0.2) is 4.79 Å². The number of aromatic nitrogens is 2. The molecule has 0 aliphatic carbocycles. The average molecular weight is 422 g/mol. The summed E-state index contributed by atoms with van der Waals surface area (Å²) in [5, 5.41) is 9.49. The second kappa shape index (κ2) is 9.57. The Hall–Kier alpha value is -3.45. The molecule has 0 saturated carbocycles. The number of carbonyl (C=O) groups is 1. The minimum absolute atomic E-state index is 0.0151. The molecule has 162 valence electrons. The molecule has 3 rings (SSSR count). The summed E-state index contributed by atoms with van der Waals surface area (Å²) in [4.78, 5) is 39.8. The van der Waals surface area contributed by atoms with Crippen molar-refractivity contribution >= 4 is 5.91 Å². The molecule has 0 spiro atoms. The van der Waals surface area contributed by atoms with Gasteiger partial charge in [-0.15, -0.1) is 0 Å². The third-order valence-electron chi connectivity index (χ3n) is 5.03. The van der Waals surface area contributed by atoms with Gasteiger partial charge in [-0.05, 0) is 42.7 Å². The maximum Gasteiger partial charge on any atom is 0.340 e. The molecule has 0 aliphatic heterocycles. The third-order valence-corrected chi connectivity index (χ3v) is 5.03. The standard InChI is InChI=1S/C24H26N2O5/c1-4-31-15-25-20(14-17-8-6-5-7-9-17)21(16(2)3)23(29)26(24(25)30)22(28)18-10-12-19(27)13-11-18/h5-13,16,27H,4,14-15H2,1-3H3. The Labute approximate surface area is 180 Å². The highest BCUT2D eigenvalue weighted by atomic mass is 16.5. The van der Waals surface area contributed by atoms with Crippen LogP contribution >= 0.6 is 0 Å². The quantitative estimate of drug-likeness (QED) is 0.632. The van der Waals surface area contributed by atoms with Gasteiger partial charge in [0.15, 0.2) is 0 Å². The Kier molecular flexibility index (Phi) is 6.87. The number of hydrogen-bond acceptors (Lipinski definition) is 5. The molecular weight excluding hydrogens is 396 g/mol. The number of hydrogen-bond donors (Lipinski definition) is 1. The Morgan fingerprint density at radius 2 is 1.68 bits per heavy atom. The van der Waals surface area contributed by atoms with E-state index in [1.807, 2.05) is 51.1 Å². The normalized spacial score (nSPS) is 11.1. The molecule has 3 aromatic rings. The fourth-order valence-electron chi connectivity index (χ4n) is 3.50. The summed E-state index contributed by atoms with van der Waals surface area (Å²) in [6.07, 6.45) is 0.361. The van der Waals surface area contributed by atoms with Gasteiger partial charge in [0.1, 0.15) is 12.5 Å². The van der Waals surface area contributed by atoms with E-state index in [2.05, 4.69) is 0 Å². The third kappa shape index (κ3) is 4.67. The van der Waals surface area contributed by atoms with Crippen LogP contribution in [0.15, 0.2) is 64.2 Å². The van der Waals surface area contributed by atoms with Gasteiger partial charge in [-0.2, -0.15) is 4.57 Å². The second-order valence-electron chi connectivity index (χ2n) is 7.50. The van der Waals surface area contributed by atoms with Crippen molar-refractivity contribution in [3.05, 3.63) is 97.8 Å². The molecule has 0 radical (unpaired) electrons. The lowest BCUT2D eigenvalue weighted by Gasteiger charge is -2.21. The fourth-order valence-corrected chi connectivity index (χ4v) is 3.50. The number of phenolic OH excluding ortho intramolecular Hbond substituents is 1. The number of benzene rings is 2. The van der Waals surface area contributed by atoms with Crippen LogP contribution in [0.25, 0.3) is 0 Å². The van der Waals surface area contributed by atoms with Gasteiger partial charge in [0.2, 0.25) is 0 Å². The molecule has 7 nitrogen and oxygen atoms in total. The number of nitrogens with zero attached hydrogens (tertiary/aromatic N) is 2. The summed E-state index contributed by atoms with van der Waals surface area (Å²) in [6.45, 7) is 5.83. The van der Waals surface area contributed by atoms with Gasteiger partial charge in [0, 0.05) is 29.8 Å². The molecular formula is C24H26N2O5. The van der Waals surface area contributed by atoms with E-state index in [4.69, 9.17) is 4.74 Å². The highest BCUT2D eigenvalue weighted by Crippen LogP contribution is 2.19. The molecule has 1 N–H and O–H groups in total. The van der Waals surface area contributed by atoms with Crippen molar-refractivity contribution in [3.8, 4) is 5.75 Å². The monoisotopic (exact) mass is 422 g/mol. The highest BCUT2D eigenvalue weighted by Gasteiger charge is 2.25. The first-order valence-corrected chi connectivity index (χ1v) is 10.2. The van der Waals surface area contributed by atoms with Crippen LogP contribution in [0.3, 0.4) is 0 Å². The summed E-state index contributed by atoms with van der Waals surface area (Å²) in [6, 6.07) is 15.0. The Balaban J connectivity index is 2.27. The summed E-state index contributed by atoms with van der Waals surface area (Å²) in [5.74, 6) is -0.981. The molecule has 1 aromatic heterocycles. The van der Waals surface area contributed by atoms with Crippen LogP contribution in [0.4, 0.5) is 0 Å². The number of phenols is 1. The highest BCUT2D eigenvalue weighted by molar-refractivity contribution is 5.95. The largest absolute Gasteiger partial charge is 0.508 e. The van der Waals surface area contributed by atoms with Gasteiger partial charge in [0.05, 0.1) is 0 Å². The zero-order valence-corrected chi connectivity index (χ0v) is 17.9. The van der Waals surface area contributed by atoms with E-state index in [-0.39, 0.29) is 24.0 Å². The summed E-state index contributed by atoms with van der Waals surface area (Å²) in [5.41, 5.74) is 0.639. The molecule has 0 aliphatic rings. The summed E-state index contributed by atoms with van der Waals surface area (Å²) < 4.78 is 7.54. The molecule has 7 heteroatoms. The number of ether oxygens (including phenoxy) is 1. The van der Waals surface area contributed by atoms with Gasteiger partial charge < -0.3 is 9.84 Å². The van der Waals surface area contributed by atoms with Crippen LogP contribution in [0.2, 0.25) is 0 Å². The van der Waals surface area contributed by atoms with E-state index < -0.39 is 17.2 Å². The smallest absolute Gasteiger partial charge is 0.340 e. The van der Waals surface area contributed by atoms with Crippen molar-refractivity contribution in [2.75, 3.05) is 6.61 Å². The maximum atomic E-state index is 13.4. The molecule has 31 heavy (non-hydrogen) atoms. The van der Waals surface area contributed by atoms with Crippen molar-refractivity contribution in [2.24, 2.45) is 0 Å². The van der Waals surface area contributed by atoms with E-state index in [0.29, 0.717) is 28.9 Å². The van der Waals surface area contributed by atoms with Gasteiger partial charge in [0.25, 0.3) is 11.5 Å². The zero-order chi connectivity index (χ0) is 22.5. The van der Waals surface area contributed by atoms with Crippen LogP contribution in [0.1, 0.15) is 53.9 Å². The van der Waals surface area contributed by atoms with Crippen molar-refractivity contribution < 1.29 is 14.6 Å². The van der Waals surface area contributed by atoms with Crippen LogP contribution in [0.5, 0.6) is 5.75 Å². The molecule has 0 saturated heterocycles. The zero-order valence-electron chi connectivity index (χ0n) is 17.9. The van der Waals surface area contributed by atoms with E-state index in [9.17, 15) is 19.5 Å². The lowest BCUT2D eigenvalue weighted by Crippen LogP contribution is -2.47. The fraction of sp³-hybridized carbons (Fsp3) is 0.292. The predicted molar refractivity (Wildman–Crippen MR) is 118 cm³/mol. The van der Waals surface area contributed by atoms with Crippen LogP contribution in [-0.2, 0) is 17.9 Å². The van der Waals surface area contributed by atoms with Gasteiger partial charge in [-0.3, -0.25) is 14.2 Å². The summed E-state index contributed by atoms with van der Waals surface area (Å²) >= 11 is 0. The maximum absolute atomic E-state index is 13.4.